The van der Waals surface area contributed by atoms with Gasteiger partial charge in [0.15, 0.2) is 12.3 Å². The Labute approximate surface area is 197 Å². The maximum atomic E-state index is 12.8. The first kappa shape index (κ1) is 22.9. The van der Waals surface area contributed by atoms with Gasteiger partial charge < -0.3 is 21.5 Å². The number of nitrogens with one attached hydrogen (secondary N) is 2. The number of ether oxygens (including phenoxy) is 1. The van der Waals surface area contributed by atoms with Gasteiger partial charge in [0.2, 0.25) is 11.6 Å². The molecule has 0 saturated carbocycles. The summed E-state index contributed by atoms with van der Waals surface area (Å²) in [4.78, 5) is 23.6. The predicted molar refractivity (Wildman–Crippen MR) is 124 cm³/mol. The largest absolute Gasteiger partial charge is 0.484 e. The Balaban J connectivity index is 1.48. The van der Waals surface area contributed by atoms with E-state index >= 15 is 0 Å². The Morgan fingerprint density at radius 2 is 1.89 bits per heavy atom. The summed E-state index contributed by atoms with van der Waals surface area (Å²) in [5, 5.41) is 22.4. The molecule has 0 saturated heterocycles. The highest BCUT2D eigenvalue weighted by atomic mass is 16.6. The second-order valence-corrected chi connectivity index (χ2v) is 7.01. The van der Waals surface area contributed by atoms with Gasteiger partial charge in [-0.3, -0.25) is 9.59 Å². The van der Waals surface area contributed by atoms with Gasteiger partial charge in [0.25, 0.3) is 11.8 Å². The molecule has 4 aromatic rings. The number of nitrogen functional groups attached to an aromatic ring is 1. The van der Waals surface area contributed by atoms with Crippen LogP contribution in [-0.2, 0) is 11.3 Å². The second kappa shape index (κ2) is 10.6. The monoisotopic (exact) mass is 476 g/mol. The second-order valence-electron chi connectivity index (χ2n) is 7.01. The summed E-state index contributed by atoms with van der Waals surface area (Å²) in [6, 6.07) is 16.0. The summed E-state index contributed by atoms with van der Waals surface area (Å²) in [6.07, 6.45) is 1.43. The number of aromatic nitrogens is 5. The van der Waals surface area contributed by atoms with Gasteiger partial charge in [-0.25, -0.2) is 10.1 Å². The number of amides is 2. The van der Waals surface area contributed by atoms with Crippen LogP contribution < -0.4 is 26.9 Å². The molecule has 178 valence electrons. The highest BCUT2D eigenvalue weighted by Crippen LogP contribution is 2.17. The van der Waals surface area contributed by atoms with Crippen molar-refractivity contribution in [1.29, 1.82) is 0 Å². The van der Waals surface area contributed by atoms with Gasteiger partial charge in [-0.05, 0) is 52.3 Å². The smallest absolute Gasteiger partial charge is 0.293 e. The number of nitrogens with zero attached hydrogens (tertiary/aromatic N) is 6. The molecule has 2 aromatic carbocycles. The van der Waals surface area contributed by atoms with Crippen LogP contribution in [0.2, 0.25) is 0 Å². The molecule has 0 spiro atoms. The van der Waals surface area contributed by atoms with E-state index in [2.05, 4.69) is 41.1 Å². The minimum Gasteiger partial charge on any atom is -0.484 e. The summed E-state index contributed by atoms with van der Waals surface area (Å²) in [6.45, 7) is -0.0514. The van der Waals surface area contributed by atoms with Crippen molar-refractivity contribution in [2.75, 3.05) is 17.7 Å². The third-order valence-corrected chi connectivity index (χ3v) is 4.55. The summed E-state index contributed by atoms with van der Waals surface area (Å²) < 4.78 is 11.1. The maximum Gasteiger partial charge on any atom is 0.293 e. The van der Waals surface area contributed by atoms with Crippen LogP contribution in [0.3, 0.4) is 0 Å². The molecular weight excluding hydrogens is 456 g/mol. The number of rotatable bonds is 10. The summed E-state index contributed by atoms with van der Waals surface area (Å²) in [5.74, 6) is -0.614. The van der Waals surface area contributed by atoms with Crippen molar-refractivity contribution in [2.24, 2.45) is 10.8 Å². The van der Waals surface area contributed by atoms with Gasteiger partial charge >= 0.3 is 0 Å². The van der Waals surface area contributed by atoms with Gasteiger partial charge in [-0.1, -0.05) is 23.4 Å². The van der Waals surface area contributed by atoms with Crippen molar-refractivity contribution in [3.8, 4) is 11.6 Å². The minimum absolute atomic E-state index is 0.00295. The van der Waals surface area contributed by atoms with Crippen LogP contribution in [0.5, 0.6) is 5.75 Å². The van der Waals surface area contributed by atoms with E-state index in [1.54, 1.807) is 24.3 Å². The number of benzene rings is 2. The van der Waals surface area contributed by atoms with Gasteiger partial charge in [0.05, 0.1) is 18.5 Å². The first-order valence-electron chi connectivity index (χ1n) is 10.2. The predicted octanol–water partition coefficient (Wildman–Crippen LogP) is 0.473. The van der Waals surface area contributed by atoms with Crippen LogP contribution >= 0.6 is 0 Å². The Hall–Kier alpha value is -5.27. The fourth-order valence-corrected chi connectivity index (χ4v) is 2.91. The molecule has 2 heterocycles. The number of nitrogens with two attached hydrogens (primary N) is 2. The van der Waals surface area contributed by atoms with Gasteiger partial charge in [-0.15, -0.1) is 5.10 Å². The molecule has 0 aliphatic carbocycles. The molecule has 2 amide bonds. The third kappa shape index (κ3) is 5.75. The van der Waals surface area contributed by atoms with E-state index in [0.29, 0.717) is 17.0 Å². The zero-order chi connectivity index (χ0) is 24.6. The van der Waals surface area contributed by atoms with Crippen molar-refractivity contribution < 1.29 is 19.0 Å². The van der Waals surface area contributed by atoms with Crippen molar-refractivity contribution in [3.05, 3.63) is 71.5 Å². The molecule has 4 rings (SSSR count). The lowest BCUT2D eigenvalue weighted by Crippen LogP contribution is -2.21. The number of anilines is 2. The minimum atomic E-state index is -0.603. The van der Waals surface area contributed by atoms with Crippen LogP contribution in [-0.4, -0.2) is 49.9 Å². The first-order chi connectivity index (χ1) is 17.0. The van der Waals surface area contributed by atoms with Crippen molar-refractivity contribution in [2.45, 2.75) is 6.54 Å². The van der Waals surface area contributed by atoms with Crippen LogP contribution in [0.15, 0.2) is 64.3 Å². The number of carbonyl (C=O) groups excluding carboxylic acids is 2. The van der Waals surface area contributed by atoms with E-state index in [1.807, 2.05) is 30.3 Å². The fraction of sp³-hybridized carbons (Fsp3) is 0.0952. The SMILES string of the molecule is NC(=O)COc1ccc(/C=N/NC(=O)c2nnn(-c3nonc3N)c2CNc2ccccc2)cc1. The zero-order valence-corrected chi connectivity index (χ0v) is 18.2. The van der Waals surface area contributed by atoms with E-state index in [1.165, 1.54) is 10.9 Å². The molecule has 14 nitrogen and oxygen atoms in total. The summed E-state index contributed by atoms with van der Waals surface area (Å²) in [5.41, 5.74) is 15.1. The lowest BCUT2D eigenvalue weighted by molar-refractivity contribution is -0.119. The van der Waals surface area contributed by atoms with Crippen LogP contribution in [0.25, 0.3) is 5.82 Å². The van der Waals surface area contributed by atoms with Gasteiger partial charge in [-0.2, -0.15) is 9.78 Å². The molecule has 6 N–H and O–H groups in total. The average Bonchev–Trinajstić information content (AvgIpc) is 3.48. The van der Waals surface area contributed by atoms with Crippen molar-refractivity contribution in [3.63, 3.8) is 0 Å². The lowest BCUT2D eigenvalue weighted by atomic mass is 10.2. The maximum absolute atomic E-state index is 12.8. The molecule has 0 atom stereocenters. The molecule has 0 radical (unpaired) electrons. The number of primary amides is 1. The van der Waals surface area contributed by atoms with Crippen LogP contribution in [0.1, 0.15) is 21.7 Å². The molecule has 14 heteroatoms. The van der Waals surface area contributed by atoms with Crippen LogP contribution in [0, 0.1) is 0 Å². The lowest BCUT2D eigenvalue weighted by Gasteiger charge is -2.08. The van der Waals surface area contributed by atoms with E-state index in [-0.39, 0.29) is 30.5 Å². The van der Waals surface area contributed by atoms with E-state index in [0.717, 1.165) is 5.69 Å². The molecular formula is C21H20N10O4. The summed E-state index contributed by atoms with van der Waals surface area (Å²) in [7, 11) is 0. The highest BCUT2D eigenvalue weighted by molar-refractivity contribution is 5.94. The highest BCUT2D eigenvalue weighted by Gasteiger charge is 2.23. The Morgan fingerprint density at radius 1 is 1.11 bits per heavy atom. The quantitative estimate of drug-likeness (QED) is 0.184. The number of para-hydroxylation sites is 1. The number of carbonyl (C=O) groups is 2. The Bertz CT molecular complexity index is 1330. The van der Waals surface area contributed by atoms with Gasteiger partial charge in [0, 0.05) is 5.69 Å². The number of hydrogen-bond acceptors (Lipinski definition) is 11. The molecule has 35 heavy (non-hydrogen) atoms. The Kier molecular flexibility index (Phi) is 6.91. The van der Waals surface area contributed by atoms with E-state index in [4.69, 9.17) is 16.2 Å². The number of hydrazone groups is 1. The normalized spacial score (nSPS) is 10.9. The number of hydrogen-bond donors (Lipinski definition) is 4. The third-order valence-electron chi connectivity index (χ3n) is 4.55. The molecule has 2 aromatic heterocycles. The summed E-state index contributed by atoms with van der Waals surface area (Å²) >= 11 is 0. The van der Waals surface area contributed by atoms with Crippen LogP contribution in [0.4, 0.5) is 11.5 Å². The molecule has 0 aliphatic rings. The molecule has 0 unspecified atom stereocenters. The van der Waals surface area contributed by atoms with Gasteiger partial charge in [0.1, 0.15) is 5.75 Å². The Morgan fingerprint density at radius 3 is 2.57 bits per heavy atom. The first-order valence-corrected chi connectivity index (χ1v) is 10.2. The van der Waals surface area contributed by atoms with Crippen molar-refractivity contribution >= 4 is 29.5 Å². The fourth-order valence-electron chi connectivity index (χ4n) is 2.91. The van der Waals surface area contributed by atoms with E-state index < -0.39 is 11.8 Å². The topological polar surface area (TPSA) is 201 Å². The molecule has 0 fully saturated rings. The van der Waals surface area contributed by atoms with E-state index in [9.17, 15) is 9.59 Å². The average molecular weight is 476 g/mol. The standard InChI is InChI=1S/C21H20N10O4/c22-17(32)12-34-15-8-6-13(7-9-15)10-25-27-21(33)18-16(11-24-14-4-2-1-3-5-14)31(30-26-18)20-19(23)28-35-29-20/h1-10,24H,11-12H2,(H2,22,32)(H2,23,28)(H,27,33)/b25-10+. The van der Waals surface area contributed by atoms with Crippen molar-refractivity contribution in [1.82, 2.24) is 30.7 Å². The molecule has 0 bridgehead atoms. The molecule has 0 aliphatic heterocycles. The zero-order valence-electron chi connectivity index (χ0n) is 18.2.